The lowest BCUT2D eigenvalue weighted by Crippen LogP contribution is -2.37. The number of fused-ring (bicyclic) bond motifs is 1. The van der Waals surface area contributed by atoms with Gasteiger partial charge in [-0.2, -0.15) is 0 Å². The molecule has 122 valence electrons. The van der Waals surface area contributed by atoms with Crippen LogP contribution in [0.4, 0.5) is 5.69 Å². The number of halogens is 1. The number of carbonyl (C=O) groups is 1. The van der Waals surface area contributed by atoms with Crippen LogP contribution in [-0.4, -0.2) is 16.9 Å². The summed E-state index contributed by atoms with van der Waals surface area (Å²) in [6, 6.07) is 16.9. The first-order chi connectivity index (χ1) is 11.6. The average Bonchev–Trinajstić information content (AvgIpc) is 2.60. The third kappa shape index (κ3) is 3.84. The third-order valence-corrected chi connectivity index (χ3v) is 4.01. The number of nitrogens with one attached hydrogen (secondary N) is 2. The molecule has 0 aliphatic rings. The fourth-order valence-corrected chi connectivity index (χ4v) is 2.65. The van der Waals surface area contributed by atoms with E-state index in [2.05, 4.69) is 15.6 Å². The molecule has 0 aliphatic heterocycles. The second kappa shape index (κ2) is 7.32. The number of carbonyl (C=O) groups excluding carboxylic acids is 1. The minimum Gasteiger partial charge on any atom is -0.373 e. The van der Waals surface area contributed by atoms with Gasteiger partial charge in [0, 0.05) is 28.8 Å². The van der Waals surface area contributed by atoms with Crippen LogP contribution in [0.1, 0.15) is 12.5 Å². The third-order valence-electron chi connectivity index (χ3n) is 3.78. The van der Waals surface area contributed by atoms with Crippen LogP contribution in [0.3, 0.4) is 0 Å². The van der Waals surface area contributed by atoms with E-state index in [1.165, 1.54) is 0 Å². The molecule has 3 aromatic rings. The van der Waals surface area contributed by atoms with E-state index in [1.54, 1.807) is 6.20 Å². The van der Waals surface area contributed by atoms with E-state index in [0.717, 1.165) is 22.2 Å². The van der Waals surface area contributed by atoms with Gasteiger partial charge in [0.15, 0.2) is 0 Å². The van der Waals surface area contributed by atoms with Crippen molar-refractivity contribution in [1.29, 1.82) is 0 Å². The highest BCUT2D eigenvalue weighted by Gasteiger charge is 2.13. The summed E-state index contributed by atoms with van der Waals surface area (Å²) in [5.74, 6) is -0.0576. The topological polar surface area (TPSA) is 54.0 Å². The Balaban J connectivity index is 1.68. The molecular formula is C19H18ClN3O. The molecule has 24 heavy (non-hydrogen) atoms. The first-order valence-electron chi connectivity index (χ1n) is 7.76. The number of anilines is 1. The highest BCUT2D eigenvalue weighted by molar-refractivity contribution is 6.31. The Hall–Kier alpha value is -2.59. The number of nitrogens with zero attached hydrogens (tertiary/aromatic N) is 1. The Kier molecular flexibility index (Phi) is 4.96. The van der Waals surface area contributed by atoms with Crippen molar-refractivity contribution in [3.63, 3.8) is 0 Å². The summed E-state index contributed by atoms with van der Waals surface area (Å²) < 4.78 is 0. The van der Waals surface area contributed by atoms with Gasteiger partial charge >= 0.3 is 0 Å². The summed E-state index contributed by atoms with van der Waals surface area (Å²) >= 11 is 6.00. The van der Waals surface area contributed by atoms with Crippen LogP contribution in [0, 0.1) is 0 Å². The van der Waals surface area contributed by atoms with Crippen LogP contribution in [0.25, 0.3) is 10.9 Å². The van der Waals surface area contributed by atoms with Gasteiger partial charge in [-0.15, -0.1) is 0 Å². The summed E-state index contributed by atoms with van der Waals surface area (Å²) in [6.07, 6.45) is 1.70. The number of hydrogen-bond donors (Lipinski definition) is 2. The Morgan fingerprint density at radius 2 is 1.96 bits per heavy atom. The van der Waals surface area contributed by atoms with Gasteiger partial charge in [-0.1, -0.05) is 41.9 Å². The Morgan fingerprint density at radius 1 is 1.17 bits per heavy atom. The van der Waals surface area contributed by atoms with E-state index < -0.39 is 0 Å². The average molecular weight is 340 g/mol. The molecule has 0 saturated carbocycles. The summed E-state index contributed by atoms with van der Waals surface area (Å²) in [6.45, 7) is 2.35. The van der Waals surface area contributed by atoms with E-state index in [0.29, 0.717) is 11.6 Å². The van der Waals surface area contributed by atoms with E-state index >= 15 is 0 Å². The predicted molar refractivity (Wildman–Crippen MR) is 98.1 cm³/mol. The molecule has 1 amide bonds. The second-order valence-electron chi connectivity index (χ2n) is 5.59. The zero-order valence-corrected chi connectivity index (χ0v) is 14.0. The van der Waals surface area contributed by atoms with Gasteiger partial charge in [0.1, 0.15) is 6.04 Å². The number of benzene rings is 2. The normalized spacial score (nSPS) is 11.9. The number of amides is 1. The van der Waals surface area contributed by atoms with E-state index in [1.807, 2.05) is 61.5 Å². The maximum atomic E-state index is 12.3. The zero-order valence-electron chi connectivity index (χ0n) is 13.3. The first kappa shape index (κ1) is 16.3. The van der Waals surface area contributed by atoms with E-state index in [4.69, 9.17) is 11.6 Å². The highest BCUT2D eigenvalue weighted by atomic mass is 35.5. The quantitative estimate of drug-likeness (QED) is 0.738. The van der Waals surface area contributed by atoms with E-state index in [-0.39, 0.29) is 11.9 Å². The number of pyridine rings is 1. The smallest absolute Gasteiger partial charge is 0.242 e. The SMILES string of the molecule is CC(Nc1ccnc2cc(Cl)ccc12)C(=O)NCc1ccccc1. The molecule has 2 N–H and O–H groups in total. The molecule has 0 spiro atoms. The molecule has 2 aromatic carbocycles. The standard InChI is InChI=1S/C19H18ClN3O/c1-13(19(24)22-12-14-5-3-2-4-6-14)23-17-9-10-21-18-11-15(20)7-8-16(17)18/h2-11,13H,12H2,1H3,(H,21,23)(H,22,24). The second-order valence-corrected chi connectivity index (χ2v) is 6.03. The van der Waals surface area contributed by atoms with Crippen LogP contribution in [0.2, 0.25) is 5.02 Å². The lowest BCUT2D eigenvalue weighted by Gasteiger charge is -2.16. The maximum absolute atomic E-state index is 12.3. The van der Waals surface area contributed by atoms with Crippen molar-refractivity contribution in [2.75, 3.05) is 5.32 Å². The molecule has 0 aliphatic carbocycles. The van der Waals surface area contributed by atoms with Crippen molar-refractivity contribution in [3.8, 4) is 0 Å². The first-order valence-corrected chi connectivity index (χ1v) is 8.14. The fraction of sp³-hybridized carbons (Fsp3) is 0.158. The van der Waals surface area contributed by atoms with Crippen LogP contribution in [0.15, 0.2) is 60.8 Å². The van der Waals surface area contributed by atoms with Crippen molar-refractivity contribution >= 4 is 34.1 Å². The number of hydrogen-bond acceptors (Lipinski definition) is 3. The van der Waals surface area contributed by atoms with Crippen molar-refractivity contribution < 1.29 is 4.79 Å². The largest absolute Gasteiger partial charge is 0.373 e. The van der Waals surface area contributed by atoms with Gasteiger partial charge in [-0.05, 0) is 36.8 Å². The van der Waals surface area contributed by atoms with Crippen molar-refractivity contribution in [3.05, 3.63) is 71.4 Å². The molecule has 5 heteroatoms. The molecule has 0 fully saturated rings. The van der Waals surface area contributed by atoms with Gasteiger partial charge in [0.25, 0.3) is 0 Å². The monoisotopic (exact) mass is 339 g/mol. The highest BCUT2D eigenvalue weighted by Crippen LogP contribution is 2.24. The summed E-state index contributed by atoms with van der Waals surface area (Å²) in [5, 5.41) is 7.76. The molecule has 4 nitrogen and oxygen atoms in total. The molecule has 1 atom stereocenters. The van der Waals surface area contributed by atoms with Gasteiger partial charge in [-0.3, -0.25) is 9.78 Å². The van der Waals surface area contributed by atoms with Gasteiger partial charge in [0.2, 0.25) is 5.91 Å². The molecule has 1 heterocycles. The van der Waals surface area contributed by atoms with Crippen LogP contribution >= 0.6 is 11.6 Å². The van der Waals surface area contributed by atoms with Gasteiger partial charge in [-0.25, -0.2) is 0 Å². The lowest BCUT2D eigenvalue weighted by atomic mass is 10.1. The lowest BCUT2D eigenvalue weighted by molar-refractivity contribution is -0.121. The fourth-order valence-electron chi connectivity index (χ4n) is 2.48. The van der Waals surface area contributed by atoms with Crippen LogP contribution in [0.5, 0.6) is 0 Å². The van der Waals surface area contributed by atoms with Gasteiger partial charge < -0.3 is 10.6 Å². The Labute approximate surface area is 145 Å². The molecular weight excluding hydrogens is 322 g/mol. The molecule has 0 bridgehead atoms. The molecule has 0 radical (unpaired) electrons. The number of aromatic nitrogens is 1. The summed E-state index contributed by atoms with van der Waals surface area (Å²) in [4.78, 5) is 16.6. The van der Waals surface area contributed by atoms with Crippen molar-refractivity contribution in [2.24, 2.45) is 0 Å². The molecule has 1 unspecified atom stereocenters. The molecule has 1 aromatic heterocycles. The van der Waals surface area contributed by atoms with Crippen molar-refractivity contribution in [2.45, 2.75) is 19.5 Å². The predicted octanol–water partition coefficient (Wildman–Crippen LogP) is 4.01. The minimum atomic E-state index is -0.366. The zero-order chi connectivity index (χ0) is 16.9. The van der Waals surface area contributed by atoms with Crippen LogP contribution in [-0.2, 0) is 11.3 Å². The van der Waals surface area contributed by atoms with Crippen LogP contribution < -0.4 is 10.6 Å². The molecule has 3 rings (SSSR count). The number of rotatable bonds is 5. The van der Waals surface area contributed by atoms with Crippen molar-refractivity contribution in [1.82, 2.24) is 10.3 Å². The Bertz CT molecular complexity index is 852. The minimum absolute atomic E-state index is 0.0576. The maximum Gasteiger partial charge on any atom is 0.242 e. The summed E-state index contributed by atoms with van der Waals surface area (Å²) in [7, 11) is 0. The summed E-state index contributed by atoms with van der Waals surface area (Å²) in [5.41, 5.74) is 2.73. The molecule has 0 saturated heterocycles. The van der Waals surface area contributed by atoms with Gasteiger partial charge in [0.05, 0.1) is 5.52 Å². The Morgan fingerprint density at radius 3 is 2.75 bits per heavy atom. The van der Waals surface area contributed by atoms with E-state index in [9.17, 15) is 4.79 Å².